The van der Waals surface area contributed by atoms with Gasteiger partial charge in [0, 0.05) is 16.5 Å². The normalized spacial score (nSPS) is 18.2. The number of rotatable bonds is 8. The number of sulfonamides is 1. The van der Waals surface area contributed by atoms with Crippen LogP contribution >= 0.6 is 23.2 Å². The molecule has 2 atom stereocenters. The van der Waals surface area contributed by atoms with Gasteiger partial charge in [-0.2, -0.15) is 4.72 Å². The summed E-state index contributed by atoms with van der Waals surface area (Å²) in [6.07, 6.45) is -4.05. The highest BCUT2D eigenvalue weighted by atomic mass is 35.5. The van der Waals surface area contributed by atoms with Crippen LogP contribution in [-0.2, 0) is 31.6 Å². The van der Waals surface area contributed by atoms with E-state index in [1.165, 1.54) is 48.7 Å². The van der Waals surface area contributed by atoms with Gasteiger partial charge in [0.2, 0.25) is 11.9 Å². The highest BCUT2D eigenvalue weighted by Crippen LogP contribution is 2.44. The molecule has 1 aliphatic rings. The Labute approximate surface area is 230 Å². The number of hydrogen-bond donors (Lipinski definition) is 2. The lowest BCUT2D eigenvalue weighted by molar-refractivity contribution is -0.274. The quantitative estimate of drug-likeness (QED) is 0.400. The number of carbonyl (C=O) groups excluding carboxylic acids is 2. The SMILES string of the molecule is C[C@H](NS(=O)(=O)c1cnc2n1[C@](C)(Cc1ccc(OC(F)(F)F)cc1)C(=O)N2c1cc(Cl)cc(Cl)c1)C(N)=O. The van der Waals surface area contributed by atoms with Crippen molar-refractivity contribution in [2.45, 2.75) is 43.2 Å². The van der Waals surface area contributed by atoms with E-state index in [-0.39, 0.29) is 28.1 Å². The molecular weight excluding hydrogens is 586 g/mol. The molecule has 3 aromatic rings. The molecule has 2 amide bonds. The third kappa shape index (κ3) is 5.69. The Kier molecular flexibility index (Phi) is 7.36. The predicted molar refractivity (Wildman–Crippen MR) is 135 cm³/mol. The van der Waals surface area contributed by atoms with Crippen LogP contribution in [0.25, 0.3) is 0 Å². The topological polar surface area (TPSA) is 137 Å². The van der Waals surface area contributed by atoms with Crippen molar-refractivity contribution in [3.05, 3.63) is 64.3 Å². The predicted octanol–water partition coefficient (Wildman–Crippen LogP) is 3.88. The maximum absolute atomic E-state index is 14.0. The first-order chi connectivity index (χ1) is 18.0. The van der Waals surface area contributed by atoms with Crippen LogP contribution in [0.15, 0.2) is 53.7 Å². The molecule has 0 saturated heterocycles. The summed E-state index contributed by atoms with van der Waals surface area (Å²) in [6, 6.07) is 7.79. The van der Waals surface area contributed by atoms with Crippen LogP contribution in [0.2, 0.25) is 10.0 Å². The van der Waals surface area contributed by atoms with Gasteiger partial charge in [-0.25, -0.2) is 18.3 Å². The zero-order valence-electron chi connectivity index (χ0n) is 20.2. The minimum Gasteiger partial charge on any atom is -0.406 e. The van der Waals surface area contributed by atoms with Crippen molar-refractivity contribution in [2.24, 2.45) is 5.73 Å². The van der Waals surface area contributed by atoms with Gasteiger partial charge < -0.3 is 10.5 Å². The molecule has 0 aliphatic carbocycles. The first-order valence-corrected chi connectivity index (χ1v) is 13.3. The maximum atomic E-state index is 14.0. The van der Waals surface area contributed by atoms with E-state index in [0.717, 1.165) is 23.2 Å². The van der Waals surface area contributed by atoms with E-state index < -0.39 is 50.6 Å². The zero-order chi connectivity index (χ0) is 28.9. The van der Waals surface area contributed by atoms with Crippen molar-refractivity contribution in [3.63, 3.8) is 0 Å². The van der Waals surface area contributed by atoms with Crippen LogP contribution in [0.3, 0.4) is 0 Å². The number of aromatic nitrogens is 2. The first-order valence-electron chi connectivity index (χ1n) is 11.1. The van der Waals surface area contributed by atoms with Crippen molar-refractivity contribution < 1.29 is 35.9 Å². The number of imidazole rings is 1. The van der Waals surface area contributed by atoms with Crippen molar-refractivity contribution in [2.75, 3.05) is 4.90 Å². The highest BCUT2D eigenvalue weighted by molar-refractivity contribution is 7.89. The Hall–Kier alpha value is -3.33. The number of hydrogen-bond acceptors (Lipinski definition) is 6. The molecule has 39 heavy (non-hydrogen) atoms. The fourth-order valence-corrected chi connectivity index (χ4v) is 6.11. The number of benzene rings is 2. The molecule has 0 fully saturated rings. The number of fused-ring (bicyclic) bond motifs is 1. The summed E-state index contributed by atoms with van der Waals surface area (Å²) in [6.45, 7) is 2.69. The second kappa shape index (κ2) is 10.0. The molecule has 0 unspecified atom stereocenters. The molecule has 10 nitrogen and oxygen atoms in total. The number of halogens is 5. The molecule has 208 valence electrons. The Morgan fingerprint density at radius 2 is 1.77 bits per heavy atom. The fourth-order valence-electron chi connectivity index (χ4n) is 4.18. The molecule has 3 N–H and O–H groups in total. The number of nitrogens with one attached hydrogen (secondary N) is 1. The van der Waals surface area contributed by atoms with Crippen molar-refractivity contribution >= 4 is 56.7 Å². The van der Waals surface area contributed by atoms with Crippen LogP contribution in [0.4, 0.5) is 24.8 Å². The second-order valence-corrected chi connectivity index (χ2v) is 11.4. The number of ether oxygens (including phenoxy) is 1. The van der Waals surface area contributed by atoms with Crippen LogP contribution in [0, 0.1) is 0 Å². The summed E-state index contributed by atoms with van der Waals surface area (Å²) in [7, 11) is -4.45. The Balaban J connectivity index is 1.84. The van der Waals surface area contributed by atoms with E-state index in [1.54, 1.807) is 0 Å². The van der Waals surface area contributed by atoms with Gasteiger partial charge in [0.1, 0.15) is 11.3 Å². The standard InChI is InChI=1S/C23H20Cl2F3N5O5S/c1-12(19(29)34)31-39(36,37)18-11-30-21-32(16-8-14(24)7-15(25)9-16)20(35)22(2,33(18)21)10-13-3-5-17(6-4-13)38-23(26,27)28/h3-9,11-12,31H,10H2,1-2H3,(H2,29,34)/t12-,22+/m0/s1. The number of carbonyl (C=O) groups is 2. The Bertz CT molecular complexity index is 1540. The summed E-state index contributed by atoms with van der Waals surface area (Å²) in [4.78, 5) is 30.8. The molecular formula is C23H20Cl2F3N5O5S. The lowest BCUT2D eigenvalue weighted by atomic mass is 9.92. The molecule has 0 radical (unpaired) electrons. The molecule has 1 aromatic heterocycles. The average molecular weight is 606 g/mol. The van der Waals surface area contributed by atoms with Gasteiger partial charge in [-0.05, 0) is 49.7 Å². The number of primary amides is 1. The third-order valence-electron chi connectivity index (χ3n) is 5.91. The summed E-state index contributed by atoms with van der Waals surface area (Å²) in [5.74, 6) is -2.13. The zero-order valence-corrected chi connectivity index (χ0v) is 22.5. The Morgan fingerprint density at radius 1 is 1.18 bits per heavy atom. The van der Waals surface area contributed by atoms with Crippen LogP contribution < -0.4 is 20.1 Å². The fraction of sp³-hybridized carbons (Fsp3) is 0.261. The molecule has 0 spiro atoms. The molecule has 1 aliphatic heterocycles. The van der Waals surface area contributed by atoms with Gasteiger partial charge >= 0.3 is 6.36 Å². The summed E-state index contributed by atoms with van der Waals surface area (Å²) in [5, 5.41) is -0.0572. The van der Waals surface area contributed by atoms with E-state index in [2.05, 4.69) is 14.4 Å². The first kappa shape index (κ1) is 28.7. The number of nitrogens with two attached hydrogens (primary N) is 1. The number of anilines is 2. The average Bonchev–Trinajstić information content (AvgIpc) is 3.32. The molecule has 0 saturated carbocycles. The smallest absolute Gasteiger partial charge is 0.406 e. The van der Waals surface area contributed by atoms with E-state index in [9.17, 15) is 31.2 Å². The highest BCUT2D eigenvalue weighted by Gasteiger charge is 2.52. The molecule has 0 bridgehead atoms. The molecule has 4 rings (SSSR count). The molecule has 16 heteroatoms. The summed E-state index contributed by atoms with van der Waals surface area (Å²) in [5.41, 5.74) is 4.13. The van der Waals surface area contributed by atoms with Crippen LogP contribution in [0.5, 0.6) is 5.75 Å². The van der Waals surface area contributed by atoms with Gasteiger partial charge in [-0.1, -0.05) is 35.3 Å². The minimum absolute atomic E-state index is 0.0926. The third-order valence-corrected chi connectivity index (χ3v) is 7.85. The van der Waals surface area contributed by atoms with Gasteiger partial charge in [-0.3, -0.25) is 14.2 Å². The van der Waals surface area contributed by atoms with Crippen molar-refractivity contribution in [3.8, 4) is 5.75 Å². The van der Waals surface area contributed by atoms with E-state index in [0.29, 0.717) is 5.56 Å². The lowest BCUT2D eigenvalue weighted by Crippen LogP contribution is -2.45. The van der Waals surface area contributed by atoms with Gasteiger partial charge in [-0.15, -0.1) is 13.2 Å². The maximum Gasteiger partial charge on any atom is 0.573 e. The van der Waals surface area contributed by atoms with E-state index in [1.807, 2.05) is 0 Å². The van der Waals surface area contributed by atoms with Crippen LogP contribution in [0.1, 0.15) is 19.4 Å². The Morgan fingerprint density at radius 3 is 2.31 bits per heavy atom. The number of alkyl halides is 3. The number of amides is 2. The largest absolute Gasteiger partial charge is 0.573 e. The molecule has 2 heterocycles. The van der Waals surface area contributed by atoms with Gasteiger partial charge in [0.15, 0.2) is 5.03 Å². The molecule has 2 aromatic carbocycles. The lowest BCUT2D eigenvalue weighted by Gasteiger charge is -2.27. The van der Waals surface area contributed by atoms with Crippen molar-refractivity contribution in [1.29, 1.82) is 0 Å². The van der Waals surface area contributed by atoms with E-state index >= 15 is 0 Å². The summed E-state index contributed by atoms with van der Waals surface area (Å²) >= 11 is 12.3. The summed E-state index contributed by atoms with van der Waals surface area (Å²) < 4.78 is 71.5. The minimum atomic E-state index is -4.89. The van der Waals surface area contributed by atoms with Gasteiger partial charge in [0.05, 0.1) is 17.9 Å². The monoisotopic (exact) mass is 605 g/mol. The van der Waals surface area contributed by atoms with E-state index in [4.69, 9.17) is 28.9 Å². The van der Waals surface area contributed by atoms with Gasteiger partial charge in [0.25, 0.3) is 15.9 Å². The second-order valence-electron chi connectivity index (χ2n) is 8.89. The number of nitrogens with zero attached hydrogens (tertiary/aromatic N) is 3. The van der Waals surface area contributed by atoms with Crippen molar-refractivity contribution in [1.82, 2.24) is 14.3 Å². The van der Waals surface area contributed by atoms with Crippen LogP contribution in [-0.4, -0.2) is 42.2 Å².